The minimum absolute atomic E-state index is 0.449. The van der Waals surface area contributed by atoms with E-state index in [-0.39, 0.29) is 0 Å². The van der Waals surface area contributed by atoms with Crippen molar-refractivity contribution in [2.24, 2.45) is 0 Å². The van der Waals surface area contributed by atoms with Gasteiger partial charge in [-0.3, -0.25) is 4.90 Å². The summed E-state index contributed by atoms with van der Waals surface area (Å²) in [6.07, 6.45) is 2.44. The summed E-state index contributed by atoms with van der Waals surface area (Å²) in [4.78, 5) is 2.54. The van der Waals surface area contributed by atoms with E-state index in [9.17, 15) is 0 Å². The second kappa shape index (κ2) is 5.70. The molecule has 1 saturated heterocycles. The third-order valence-corrected chi connectivity index (χ3v) is 4.61. The van der Waals surface area contributed by atoms with Gasteiger partial charge < -0.3 is 4.52 Å². The van der Waals surface area contributed by atoms with E-state index in [0.717, 1.165) is 29.0 Å². The van der Waals surface area contributed by atoms with Crippen LogP contribution in [0.5, 0.6) is 0 Å². The summed E-state index contributed by atoms with van der Waals surface area (Å²) in [5.74, 6) is 0.968. The fourth-order valence-electron chi connectivity index (χ4n) is 3.13. The van der Waals surface area contributed by atoms with Crippen molar-refractivity contribution in [3.05, 3.63) is 51.3 Å². The number of halogens is 1. The van der Waals surface area contributed by atoms with Gasteiger partial charge in [-0.05, 0) is 50.9 Å². The van der Waals surface area contributed by atoms with Crippen molar-refractivity contribution in [1.29, 1.82) is 0 Å². The first-order valence-corrected chi connectivity index (χ1v) is 7.85. The molecule has 0 saturated carbocycles. The lowest BCUT2D eigenvalue weighted by Gasteiger charge is -2.24. The molecule has 0 radical (unpaired) electrons. The number of nitrogens with zero attached hydrogens (tertiary/aromatic N) is 2. The second-order valence-corrected chi connectivity index (χ2v) is 6.41. The summed E-state index contributed by atoms with van der Waals surface area (Å²) in [6, 6.07) is 9.04. The molecule has 1 aliphatic heterocycles. The molecule has 0 amide bonds. The Balaban J connectivity index is 1.81. The molecule has 3 rings (SSSR count). The fraction of sp³-hybridized carbons (Fsp3) is 0.438. The SMILES string of the molecule is Cc1noc(C)c1[C@@H]1CCCN1Cc1ccc(Br)cc1. The average Bonchev–Trinajstić information content (AvgIpc) is 2.99. The smallest absolute Gasteiger partial charge is 0.138 e. The first-order valence-electron chi connectivity index (χ1n) is 7.06. The molecule has 1 aromatic carbocycles. The minimum atomic E-state index is 0.449. The Morgan fingerprint density at radius 2 is 2.05 bits per heavy atom. The lowest BCUT2D eigenvalue weighted by atomic mass is 10.0. The molecule has 4 heteroatoms. The lowest BCUT2D eigenvalue weighted by Crippen LogP contribution is -2.23. The van der Waals surface area contributed by atoms with E-state index >= 15 is 0 Å². The molecule has 0 spiro atoms. The van der Waals surface area contributed by atoms with Gasteiger partial charge >= 0.3 is 0 Å². The van der Waals surface area contributed by atoms with Crippen LogP contribution in [0.2, 0.25) is 0 Å². The third kappa shape index (κ3) is 2.67. The molecule has 0 N–H and O–H groups in total. The van der Waals surface area contributed by atoms with Crippen LogP contribution in [-0.2, 0) is 6.54 Å². The van der Waals surface area contributed by atoms with Crippen LogP contribution in [-0.4, -0.2) is 16.6 Å². The molecule has 20 heavy (non-hydrogen) atoms. The largest absolute Gasteiger partial charge is 0.361 e. The average molecular weight is 335 g/mol. The van der Waals surface area contributed by atoms with E-state index in [4.69, 9.17) is 4.52 Å². The van der Waals surface area contributed by atoms with Gasteiger partial charge in [-0.1, -0.05) is 33.2 Å². The number of hydrogen-bond donors (Lipinski definition) is 0. The Morgan fingerprint density at radius 3 is 2.70 bits per heavy atom. The Hall–Kier alpha value is -1.13. The highest BCUT2D eigenvalue weighted by Crippen LogP contribution is 2.36. The molecular formula is C16H19BrN2O. The zero-order chi connectivity index (χ0) is 14.1. The monoisotopic (exact) mass is 334 g/mol. The molecule has 0 bridgehead atoms. The van der Waals surface area contributed by atoms with E-state index in [1.165, 1.54) is 24.0 Å². The van der Waals surface area contributed by atoms with Crippen LogP contribution in [0.3, 0.4) is 0 Å². The van der Waals surface area contributed by atoms with Gasteiger partial charge in [0.25, 0.3) is 0 Å². The van der Waals surface area contributed by atoms with Crippen LogP contribution in [0.1, 0.15) is 41.5 Å². The molecule has 0 unspecified atom stereocenters. The molecule has 1 atom stereocenters. The maximum absolute atomic E-state index is 5.34. The summed E-state index contributed by atoms with van der Waals surface area (Å²) in [5.41, 5.74) is 3.68. The van der Waals surface area contributed by atoms with Crippen molar-refractivity contribution in [3.8, 4) is 0 Å². The molecule has 1 aliphatic rings. The van der Waals surface area contributed by atoms with Gasteiger partial charge in [-0.25, -0.2) is 0 Å². The zero-order valence-corrected chi connectivity index (χ0v) is 13.5. The van der Waals surface area contributed by atoms with Crippen molar-refractivity contribution in [1.82, 2.24) is 10.1 Å². The van der Waals surface area contributed by atoms with Crippen molar-refractivity contribution < 1.29 is 4.52 Å². The molecule has 0 aliphatic carbocycles. The predicted octanol–water partition coefficient (Wildman–Crippen LogP) is 4.39. The maximum Gasteiger partial charge on any atom is 0.138 e. The summed E-state index contributed by atoms with van der Waals surface area (Å²) < 4.78 is 6.47. The standard InChI is InChI=1S/C16H19BrN2O/c1-11-16(12(2)20-18-11)15-4-3-9-19(15)10-13-5-7-14(17)8-6-13/h5-8,15H,3-4,9-10H2,1-2H3/t15-/m0/s1. The summed E-state index contributed by atoms with van der Waals surface area (Å²) in [7, 11) is 0. The highest BCUT2D eigenvalue weighted by atomic mass is 79.9. The van der Waals surface area contributed by atoms with E-state index in [2.05, 4.69) is 50.3 Å². The number of aryl methyl sites for hydroxylation is 2. The van der Waals surface area contributed by atoms with Crippen molar-refractivity contribution >= 4 is 15.9 Å². The third-order valence-electron chi connectivity index (χ3n) is 4.08. The topological polar surface area (TPSA) is 29.3 Å². The molecule has 1 fully saturated rings. The number of aromatic nitrogens is 1. The molecule has 106 valence electrons. The van der Waals surface area contributed by atoms with Gasteiger partial charge in [0.1, 0.15) is 5.76 Å². The Morgan fingerprint density at radius 1 is 1.30 bits per heavy atom. The van der Waals surface area contributed by atoms with Gasteiger partial charge in [-0.15, -0.1) is 0 Å². The van der Waals surface area contributed by atoms with E-state index in [1.54, 1.807) is 0 Å². The van der Waals surface area contributed by atoms with Gasteiger partial charge in [-0.2, -0.15) is 0 Å². The van der Waals surface area contributed by atoms with Crippen LogP contribution < -0.4 is 0 Å². The minimum Gasteiger partial charge on any atom is -0.361 e. The highest BCUT2D eigenvalue weighted by Gasteiger charge is 2.30. The number of likely N-dealkylation sites (tertiary alicyclic amines) is 1. The van der Waals surface area contributed by atoms with Gasteiger partial charge in [0.2, 0.25) is 0 Å². The predicted molar refractivity (Wildman–Crippen MR) is 82.5 cm³/mol. The van der Waals surface area contributed by atoms with Crippen LogP contribution in [0.25, 0.3) is 0 Å². The molecule has 1 aromatic heterocycles. The van der Waals surface area contributed by atoms with Crippen molar-refractivity contribution in [2.75, 3.05) is 6.54 Å². The summed E-state index contributed by atoms with van der Waals surface area (Å²) in [6.45, 7) is 6.19. The highest BCUT2D eigenvalue weighted by molar-refractivity contribution is 9.10. The number of hydrogen-bond acceptors (Lipinski definition) is 3. The van der Waals surface area contributed by atoms with E-state index < -0.39 is 0 Å². The lowest BCUT2D eigenvalue weighted by molar-refractivity contribution is 0.245. The van der Waals surface area contributed by atoms with Gasteiger partial charge in [0.05, 0.1) is 5.69 Å². The van der Waals surface area contributed by atoms with Gasteiger partial charge in [0.15, 0.2) is 0 Å². The molecule has 2 heterocycles. The van der Waals surface area contributed by atoms with Gasteiger partial charge in [0, 0.05) is 22.6 Å². The fourth-order valence-corrected chi connectivity index (χ4v) is 3.40. The first kappa shape index (κ1) is 13.8. The van der Waals surface area contributed by atoms with Crippen LogP contribution >= 0.6 is 15.9 Å². The Kier molecular flexibility index (Phi) is 3.94. The zero-order valence-electron chi connectivity index (χ0n) is 11.9. The summed E-state index contributed by atoms with van der Waals surface area (Å²) >= 11 is 3.49. The van der Waals surface area contributed by atoms with Crippen LogP contribution in [0.15, 0.2) is 33.3 Å². The second-order valence-electron chi connectivity index (χ2n) is 5.49. The van der Waals surface area contributed by atoms with Crippen LogP contribution in [0.4, 0.5) is 0 Å². The Labute approximate surface area is 128 Å². The molecule has 3 nitrogen and oxygen atoms in total. The molecular weight excluding hydrogens is 316 g/mol. The molecule has 2 aromatic rings. The number of benzene rings is 1. The van der Waals surface area contributed by atoms with Crippen molar-refractivity contribution in [3.63, 3.8) is 0 Å². The quantitative estimate of drug-likeness (QED) is 0.833. The number of rotatable bonds is 3. The maximum atomic E-state index is 5.34. The normalized spacial score (nSPS) is 19.6. The first-order chi connectivity index (χ1) is 9.65. The Bertz CT molecular complexity index is 572. The van der Waals surface area contributed by atoms with E-state index in [1.807, 2.05) is 13.8 Å². The van der Waals surface area contributed by atoms with Crippen molar-refractivity contribution in [2.45, 2.75) is 39.3 Å². The van der Waals surface area contributed by atoms with Crippen LogP contribution in [0, 0.1) is 13.8 Å². The summed E-state index contributed by atoms with van der Waals surface area (Å²) in [5, 5.41) is 4.11. The van der Waals surface area contributed by atoms with E-state index in [0.29, 0.717) is 6.04 Å².